The number of carboxylic acid groups (broad SMARTS) is 1. The molecule has 0 saturated heterocycles. The number of aryl methyl sites for hydroxylation is 1. The second-order valence-electron chi connectivity index (χ2n) is 6.77. The van der Waals surface area contributed by atoms with Crippen LogP contribution in [0.2, 0.25) is 0 Å². The number of hydrogen-bond donors (Lipinski definition) is 2. The number of aliphatic carboxylic acids is 1. The van der Waals surface area contributed by atoms with Crippen LogP contribution in [-0.4, -0.2) is 33.4 Å². The van der Waals surface area contributed by atoms with Crippen LogP contribution in [0.15, 0.2) is 36.4 Å². The average Bonchev–Trinajstić information content (AvgIpc) is 2.93. The molecule has 0 spiro atoms. The maximum atomic E-state index is 12.6. The van der Waals surface area contributed by atoms with E-state index in [9.17, 15) is 19.5 Å². The van der Waals surface area contributed by atoms with Crippen molar-refractivity contribution in [2.24, 2.45) is 13.0 Å². The van der Waals surface area contributed by atoms with Crippen LogP contribution in [0, 0.1) is 12.8 Å². The van der Waals surface area contributed by atoms with Gasteiger partial charge >= 0.3 is 5.97 Å². The monoisotopic (exact) mass is 356 g/mol. The van der Waals surface area contributed by atoms with E-state index < -0.39 is 12.0 Å². The normalized spacial score (nSPS) is 12.0. The van der Waals surface area contributed by atoms with Crippen LogP contribution < -0.4 is 5.32 Å². The molecule has 1 amide bonds. The Kier molecular flexibility index (Phi) is 5.97. The van der Waals surface area contributed by atoms with Crippen LogP contribution in [0.5, 0.6) is 0 Å². The Hall–Kier alpha value is -2.89. The van der Waals surface area contributed by atoms with E-state index >= 15 is 0 Å². The van der Waals surface area contributed by atoms with Gasteiger partial charge in [0.05, 0.1) is 12.1 Å². The maximum Gasteiger partial charge on any atom is 0.326 e. The van der Waals surface area contributed by atoms with Crippen molar-refractivity contribution in [2.45, 2.75) is 33.2 Å². The number of hydrogen-bond acceptors (Lipinski definition) is 3. The minimum Gasteiger partial charge on any atom is -0.480 e. The Labute approximate surface area is 152 Å². The molecule has 26 heavy (non-hydrogen) atoms. The molecule has 0 radical (unpaired) electrons. The lowest BCUT2D eigenvalue weighted by atomic mass is 10.0. The van der Waals surface area contributed by atoms with Crippen LogP contribution in [-0.2, 0) is 23.1 Å². The summed E-state index contributed by atoms with van der Waals surface area (Å²) < 4.78 is 1.67. The lowest BCUT2D eigenvalue weighted by Crippen LogP contribution is -2.45. The van der Waals surface area contributed by atoms with Crippen molar-refractivity contribution in [2.75, 3.05) is 0 Å². The zero-order valence-corrected chi connectivity index (χ0v) is 15.4. The number of ketones is 1. The van der Waals surface area contributed by atoms with E-state index in [2.05, 4.69) is 5.32 Å². The third kappa shape index (κ3) is 4.39. The molecule has 1 aromatic carbocycles. The number of nitrogens with zero attached hydrogens (tertiary/aromatic N) is 1. The molecule has 6 heteroatoms. The zero-order chi connectivity index (χ0) is 19.4. The smallest absolute Gasteiger partial charge is 0.326 e. The number of carbonyl (C=O) groups excluding carboxylic acids is 2. The quantitative estimate of drug-likeness (QED) is 0.745. The second-order valence-corrected chi connectivity index (χ2v) is 6.77. The van der Waals surface area contributed by atoms with Gasteiger partial charge < -0.3 is 15.0 Å². The number of rotatable bonds is 7. The van der Waals surface area contributed by atoms with Gasteiger partial charge in [-0.25, -0.2) is 4.79 Å². The summed E-state index contributed by atoms with van der Waals surface area (Å²) in [7, 11) is 1.72. The SMILES string of the molecule is Cc1ccc(C(=O)c2ccc(CC(=O)N[C@H](C(=O)O)C(C)C)n2C)cc1. The van der Waals surface area contributed by atoms with Gasteiger partial charge in [0.1, 0.15) is 6.04 Å². The van der Waals surface area contributed by atoms with Crippen molar-refractivity contribution < 1.29 is 19.5 Å². The second kappa shape index (κ2) is 7.99. The van der Waals surface area contributed by atoms with Gasteiger partial charge in [0, 0.05) is 18.3 Å². The van der Waals surface area contributed by atoms with Crippen LogP contribution in [0.4, 0.5) is 0 Å². The molecule has 1 aromatic heterocycles. The highest BCUT2D eigenvalue weighted by Gasteiger charge is 2.24. The number of nitrogens with one attached hydrogen (secondary N) is 1. The highest BCUT2D eigenvalue weighted by atomic mass is 16.4. The number of amides is 1. The lowest BCUT2D eigenvalue weighted by molar-refractivity contribution is -0.143. The molecule has 2 aromatic rings. The van der Waals surface area contributed by atoms with Gasteiger partial charge in [-0.15, -0.1) is 0 Å². The Balaban J connectivity index is 2.13. The molecule has 6 nitrogen and oxygen atoms in total. The van der Waals surface area contributed by atoms with Crippen molar-refractivity contribution in [3.63, 3.8) is 0 Å². The standard InChI is InChI=1S/C20H24N2O4/c1-12(2)18(20(25)26)21-17(23)11-15-9-10-16(22(15)4)19(24)14-7-5-13(3)6-8-14/h5-10,12,18H,11H2,1-4H3,(H,21,23)(H,25,26)/t18-/m0/s1. The van der Waals surface area contributed by atoms with E-state index in [1.165, 1.54) is 0 Å². The van der Waals surface area contributed by atoms with Gasteiger partial charge in [0.2, 0.25) is 11.7 Å². The third-order valence-electron chi connectivity index (χ3n) is 4.36. The Morgan fingerprint density at radius 2 is 1.69 bits per heavy atom. The van der Waals surface area contributed by atoms with Gasteiger partial charge in [0.15, 0.2) is 0 Å². The van der Waals surface area contributed by atoms with Crippen molar-refractivity contribution in [1.29, 1.82) is 0 Å². The predicted molar refractivity (Wildman–Crippen MR) is 98.1 cm³/mol. The zero-order valence-electron chi connectivity index (χ0n) is 15.4. The van der Waals surface area contributed by atoms with E-state index in [1.807, 2.05) is 19.1 Å². The van der Waals surface area contributed by atoms with E-state index in [-0.39, 0.29) is 24.0 Å². The summed E-state index contributed by atoms with van der Waals surface area (Å²) in [5.41, 5.74) is 2.78. The summed E-state index contributed by atoms with van der Waals surface area (Å²) in [6, 6.07) is 9.77. The minimum absolute atomic E-state index is 0.00811. The summed E-state index contributed by atoms with van der Waals surface area (Å²) in [6.45, 7) is 5.43. The largest absolute Gasteiger partial charge is 0.480 e. The van der Waals surface area contributed by atoms with Gasteiger partial charge in [-0.1, -0.05) is 43.7 Å². The molecule has 0 fully saturated rings. The van der Waals surface area contributed by atoms with Gasteiger partial charge in [-0.05, 0) is 25.0 Å². The number of carbonyl (C=O) groups is 3. The maximum absolute atomic E-state index is 12.6. The van der Waals surface area contributed by atoms with E-state index in [1.54, 1.807) is 49.7 Å². The van der Waals surface area contributed by atoms with Crippen molar-refractivity contribution >= 4 is 17.7 Å². The number of carboxylic acids is 1. The van der Waals surface area contributed by atoms with Crippen LogP contribution in [0.1, 0.15) is 41.2 Å². The van der Waals surface area contributed by atoms with Crippen molar-refractivity contribution in [3.8, 4) is 0 Å². The summed E-state index contributed by atoms with van der Waals surface area (Å²) >= 11 is 0. The molecule has 0 aliphatic heterocycles. The first-order valence-corrected chi connectivity index (χ1v) is 8.48. The van der Waals surface area contributed by atoms with E-state index in [0.29, 0.717) is 17.0 Å². The third-order valence-corrected chi connectivity index (χ3v) is 4.36. The topological polar surface area (TPSA) is 88.4 Å². The molecule has 0 aliphatic carbocycles. The Morgan fingerprint density at radius 1 is 1.08 bits per heavy atom. The molecular weight excluding hydrogens is 332 g/mol. The van der Waals surface area contributed by atoms with Crippen molar-refractivity contribution in [1.82, 2.24) is 9.88 Å². The highest BCUT2D eigenvalue weighted by molar-refractivity contribution is 6.08. The fourth-order valence-corrected chi connectivity index (χ4v) is 2.71. The first-order valence-electron chi connectivity index (χ1n) is 8.48. The molecule has 2 N–H and O–H groups in total. The molecule has 2 rings (SSSR count). The molecule has 1 atom stereocenters. The highest BCUT2D eigenvalue weighted by Crippen LogP contribution is 2.15. The van der Waals surface area contributed by atoms with Gasteiger partial charge in [-0.2, -0.15) is 0 Å². The number of benzene rings is 1. The molecule has 138 valence electrons. The van der Waals surface area contributed by atoms with Crippen LogP contribution in [0.25, 0.3) is 0 Å². The molecule has 0 saturated carbocycles. The number of aromatic nitrogens is 1. The molecule has 1 heterocycles. The molecular formula is C20H24N2O4. The fraction of sp³-hybridized carbons (Fsp3) is 0.350. The molecule has 0 unspecified atom stereocenters. The van der Waals surface area contributed by atoms with Gasteiger partial charge in [0.25, 0.3) is 0 Å². The van der Waals surface area contributed by atoms with Crippen molar-refractivity contribution in [3.05, 3.63) is 58.9 Å². The van der Waals surface area contributed by atoms with Crippen LogP contribution in [0.3, 0.4) is 0 Å². The summed E-state index contributed by atoms with van der Waals surface area (Å²) in [6.07, 6.45) is 0.00811. The summed E-state index contributed by atoms with van der Waals surface area (Å²) in [5, 5.41) is 11.7. The molecule has 0 aliphatic rings. The summed E-state index contributed by atoms with van der Waals surface area (Å²) in [5.74, 6) is -1.79. The van der Waals surface area contributed by atoms with Gasteiger partial charge in [-0.3, -0.25) is 9.59 Å². The minimum atomic E-state index is -1.06. The molecule has 0 bridgehead atoms. The fourth-order valence-electron chi connectivity index (χ4n) is 2.71. The predicted octanol–water partition coefficient (Wildman–Crippen LogP) is 2.33. The average molecular weight is 356 g/mol. The van der Waals surface area contributed by atoms with Crippen LogP contribution >= 0.6 is 0 Å². The van der Waals surface area contributed by atoms with E-state index in [4.69, 9.17) is 0 Å². The summed E-state index contributed by atoms with van der Waals surface area (Å²) in [4.78, 5) is 36.0. The Morgan fingerprint density at radius 3 is 2.23 bits per heavy atom. The lowest BCUT2D eigenvalue weighted by Gasteiger charge is -2.18. The Bertz CT molecular complexity index is 819. The van der Waals surface area contributed by atoms with E-state index in [0.717, 1.165) is 5.56 Å². The first-order chi connectivity index (χ1) is 12.2. The first kappa shape index (κ1) is 19.4.